The predicted octanol–water partition coefficient (Wildman–Crippen LogP) is 3.55. The van der Waals surface area contributed by atoms with Gasteiger partial charge >= 0.3 is 0 Å². The molecule has 34 heavy (non-hydrogen) atoms. The third-order valence-electron chi connectivity index (χ3n) is 5.62. The van der Waals surface area contributed by atoms with Crippen molar-refractivity contribution in [3.63, 3.8) is 0 Å². The summed E-state index contributed by atoms with van der Waals surface area (Å²) in [5, 5.41) is 25.1. The number of aliphatic hydroxyl groups is 1. The van der Waals surface area contributed by atoms with Gasteiger partial charge in [-0.3, -0.25) is 9.25 Å². The standard InChI is InChI=1S/C25H23N5O4/c1-33-23-9-18(10-26-24(23)34-2)21-8-7-20-22(28-21)14-30(25(20)32)19-11-27-29(13-19)12-16-3-5-17(15-31)6-4-16/h3-11,13-14,31-32H,12,15H2,1-2H3. The monoisotopic (exact) mass is 457 g/mol. The second kappa shape index (κ2) is 8.87. The number of fused-ring (bicyclic) bond motifs is 1. The second-order valence-electron chi connectivity index (χ2n) is 7.76. The molecule has 4 aromatic heterocycles. The first-order valence-corrected chi connectivity index (χ1v) is 10.6. The van der Waals surface area contributed by atoms with E-state index in [-0.39, 0.29) is 12.5 Å². The van der Waals surface area contributed by atoms with Gasteiger partial charge in [-0.2, -0.15) is 5.10 Å². The minimum absolute atomic E-state index is 0.0188. The van der Waals surface area contributed by atoms with E-state index in [0.29, 0.717) is 34.8 Å². The van der Waals surface area contributed by atoms with E-state index in [1.165, 1.54) is 7.11 Å². The largest absolute Gasteiger partial charge is 0.494 e. The van der Waals surface area contributed by atoms with Crippen LogP contribution in [0.3, 0.4) is 0 Å². The van der Waals surface area contributed by atoms with Crippen LogP contribution in [0.2, 0.25) is 0 Å². The van der Waals surface area contributed by atoms with Crippen LogP contribution in [0.5, 0.6) is 17.5 Å². The normalized spacial score (nSPS) is 11.1. The number of benzene rings is 1. The summed E-state index contributed by atoms with van der Waals surface area (Å²) in [4.78, 5) is 8.99. The molecule has 0 bridgehead atoms. The van der Waals surface area contributed by atoms with Gasteiger partial charge in [0.15, 0.2) is 5.75 Å². The summed E-state index contributed by atoms with van der Waals surface area (Å²) in [5.74, 6) is 1.00. The fraction of sp³-hybridized carbons (Fsp3) is 0.160. The maximum atomic E-state index is 10.8. The highest BCUT2D eigenvalue weighted by Gasteiger charge is 2.15. The molecule has 0 amide bonds. The van der Waals surface area contributed by atoms with Crippen LogP contribution in [0.1, 0.15) is 11.1 Å². The lowest BCUT2D eigenvalue weighted by Gasteiger charge is -2.08. The summed E-state index contributed by atoms with van der Waals surface area (Å²) in [7, 11) is 3.10. The van der Waals surface area contributed by atoms with Crippen molar-refractivity contribution in [2.45, 2.75) is 13.2 Å². The zero-order valence-corrected chi connectivity index (χ0v) is 18.7. The fourth-order valence-electron chi connectivity index (χ4n) is 3.81. The van der Waals surface area contributed by atoms with Crippen LogP contribution in [-0.4, -0.2) is 48.7 Å². The molecule has 0 unspecified atom stereocenters. The Morgan fingerprint density at radius 1 is 0.941 bits per heavy atom. The maximum absolute atomic E-state index is 10.8. The van der Waals surface area contributed by atoms with Crippen molar-refractivity contribution in [1.82, 2.24) is 24.3 Å². The van der Waals surface area contributed by atoms with Gasteiger partial charge in [-0.25, -0.2) is 9.97 Å². The number of aliphatic hydroxyl groups excluding tert-OH is 1. The molecular formula is C25H23N5O4. The molecule has 0 spiro atoms. The smallest absolute Gasteiger partial charge is 0.256 e. The lowest BCUT2D eigenvalue weighted by Crippen LogP contribution is -2.00. The molecule has 172 valence electrons. The number of pyridine rings is 2. The van der Waals surface area contributed by atoms with Gasteiger partial charge in [0.25, 0.3) is 5.88 Å². The average molecular weight is 457 g/mol. The summed E-state index contributed by atoms with van der Waals surface area (Å²) in [6.07, 6.45) is 7.00. The van der Waals surface area contributed by atoms with E-state index in [2.05, 4.69) is 10.1 Å². The zero-order chi connectivity index (χ0) is 23.7. The van der Waals surface area contributed by atoms with Crippen LogP contribution < -0.4 is 9.47 Å². The highest BCUT2D eigenvalue weighted by Crippen LogP contribution is 2.33. The van der Waals surface area contributed by atoms with Gasteiger partial charge in [-0.05, 0) is 29.3 Å². The second-order valence-corrected chi connectivity index (χ2v) is 7.76. The Bertz CT molecular complexity index is 1460. The molecule has 0 aliphatic carbocycles. The van der Waals surface area contributed by atoms with Gasteiger partial charge in [0, 0.05) is 24.2 Å². The SMILES string of the molecule is COc1cc(-c2ccc3c(O)n(-c4cnn(Cc5ccc(CO)cc5)c4)cc3n2)cnc1OC. The first-order valence-electron chi connectivity index (χ1n) is 10.6. The Kier molecular flexibility index (Phi) is 5.60. The molecule has 0 fully saturated rings. The minimum Gasteiger partial charge on any atom is -0.494 e. The fourth-order valence-corrected chi connectivity index (χ4v) is 3.81. The van der Waals surface area contributed by atoms with Crippen molar-refractivity contribution >= 4 is 10.9 Å². The van der Waals surface area contributed by atoms with Gasteiger partial charge in [-0.1, -0.05) is 24.3 Å². The molecule has 9 nitrogen and oxygen atoms in total. The molecule has 0 radical (unpaired) electrons. The first kappa shape index (κ1) is 21.5. The number of hydrogen-bond acceptors (Lipinski definition) is 7. The maximum Gasteiger partial charge on any atom is 0.256 e. The summed E-state index contributed by atoms with van der Waals surface area (Å²) < 4.78 is 14.0. The molecular weight excluding hydrogens is 434 g/mol. The van der Waals surface area contributed by atoms with Crippen LogP contribution in [0.15, 0.2) is 67.3 Å². The number of aromatic hydroxyl groups is 1. The molecule has 0 atom stereocenters. The molecule has 5 rings (SSSR count). The topological polar surface area (TPSA) is 107 Å². The number of hydrogen-bond donors (Lipinski definition) is 2. The highest BCUT2D eigenvalue weighted by molar-refractivity contribution is 5.87. The van der Waals surface area contributed by atoms with E-state index < -0.39 is 0 Å². The van der Waals surface area contributed by atoms with E-state index in [1.54, 1.807) is 34.9 Å². The predicted molar refractivity (Wildman–Crippen MR) is 126 cm³/mol. The number of ether oxygens (including phenoxy) is 2. The van der Waals surface area contributed by atoms with Crippen molar-refractivity contribution in [2.75, 3.05) is 14.2 Å². The molecule has 0 saturated carbocycles. The van der Waals surface area contributed by atoms with Gasteiger partial charge in [-0.15, -0.1) is 0 Å². The Morgan fingerprint density at radius 2 is 1.74 bits per heavy atom. The molecule has 0 aliphatic heterocycles. The van der Waals surface area contributed by atoms with Gasteiger partial charge in [0.2, 0.25) is 5.88 Å². The summed E-state index contributed by atoms with van der Waals surface area (Å²) in [6, 6.07) is 13.2. The number of rotatable bonds is 7. The van der Waals surface area contributed by atoms with E-state index in [4.69, 9.17) is 14.5 Å². The van der Waals surface area contributed by atoms with Gasteiger partial charge < -0.3 is 19.7 Å². The van der Waals surface area contributed by atoms with Crippen LogP contribution in [0.25, 0.3) is 27.8 Å². The number of methoxy groups -OCH3 is 2. The summed E-state index contributed by atoms with van der Waals surface area (Å²) in [5.41, 5.74) is 4.74. The van der Waals surface area contributed by atoms with Crippen molar-refractivity contribution in [2.24, 2.45) is 0 Å². The number of nitrogens with zero attached hydrogens (tertiary/aromatic N) is 5. The number of aromatic nitrogens is 5. The van der Waals surface area contributed by atoms with Crippen molar-refractivity contribution in [3.05, 3.63) is 78.4 Å². The van der Waals surface area contributed by atoms with E-state index in [1.807, 2.05) is 48.7 Å². The van der Waals surface area contributed by atoms with E-state index >= 15 is 0 Å². The highest BCUT2D eigenvalue weighted by atomic mass is 16.5. The third-order valence-corrected chi connectivity index (χ3v) is 5.62. The summed E-state index contributed by atoms with van der Waals surface area (Å²) in [6.45, 7) is 0.590. The quantitative estimate of drug-likeness (QED) is 0.385. The molecule has 9 heteroatoms. The first-order chi connectivity index (χ1) is 16.6. The summed E-state index contributed by atoms with van der Waals surface area (Å²) >= 11 is 0. The van der Waals surface area contributed by atoms with Crippen LogP contribution >= 0.6 is 0 Å². The van der Waals surface area contributed by atoms with Gasteiger partial charge in [0.05, 0.1) is 55.9 Å². The lowest BCUT2D eigenvalue weighted by atomic mass is 10.1. The van der Waals surface area contributed by atoms with Crippen molar-refractivity contribution in [1.29, 1.82) is 0 Å². The Hall–Kier alpha value is -4.37. The van der Waals surface area contributed by atoms with Crippen LogP contribution in [-0.2, 0) is 13.2 Å². The zero-order valence-electron chi connectivity index (χ0n) is 18.7. The third kappa shape index (κ3) is 3.93. The molecule has 5 aromatic rings. The molecule has 0 aliphatic rings. The van der Waals surface area contributed by atoms with Gasteiger partial charge in [0.1, 0.15) is 0 Å². The Labute approximate surface area is 195 Å². The molecule has 2 N–H and O–H groups in total. The average Bonchev–Trinajstić information content (AvgIpc) is 3.47. The Balaban J connectivity index is 1.44. The van der Waals surface area contributed by atoms with Crippen molar-refractivity contribution < 1.29 is 19.7 Å². The van der Waals surface area contributed by atoms with Crippen LogP contribution in [0, 0.1) is 0 Å². The van der Waals surface area contributed by atoms with E-state index in [0.717, 1.165) is 22.4 Å². The van der Waals surface area contributed by atoms with E-state index in [9.17, 15) is 10.2 Å². The van der Waals surface area contributed by atoms with Crippen molar-refractivity contribution in [3.8, 4) is 34.5 Å². The molecule has 0 saturated heterocycles. The van der Waals surface area contributed by atoms with Crippen LogP contribution in [0.4, 0.5) is 0 Å². The minimum atomic E-state index is 0.0188. The molecule has 4 heterocycles. The lowest BCUT2D eigenvalue weighted by molar-refractivity contribution is 0.282. The molecule has 1 aromatic carbocycles. The Morgan fingerprint density at radius 3 is 2.47 bits per heavy atom.